The molecule has 0 radical (unpaired) electrons. The Hall–Kier alpha value is -0.530. The van der Waals surface area contributed by atoms with Gasteiger partial charge in [-0.2, -0.15) is 0 Å². The van der Waals surface area contributed by atoms with Crippen molar-refractivity contribution in [2.75, 3.05) is 0 Å². The molecule has 16 heavy (non-hydrogen) atoms. The summed E-state index contributed by atoms with van der Waals surface area (Å²) in [5, 5.41) is 8.92. The molecule has 0 amide bonds. The molecule has 0 heterocycles. The van der Waals surface area contributed by atoms with E-state index in [4.69, 9.17) is 5.11 Å². The summed E-state index contributed by atoms with van der Waals surface area (Å²) in [6, 6.07) is 0. The molecule has 1 rings (SSSR count). The lowest BCUT2D eigenvalue weighted by molar-refractivity contribution is -0.140. The number of hydrogen-bond donors (Lipinski definition) is 1. The van der Waals surface area contributed by atoms with Gasteiger partial charge in [0, 0.05) is 0 Å². The van der Waals surface area contributed by atoms with Crippen molar-refractivity contribution in [2.45, 2.75) is 59.8 Å². The van der Waals surface area contributed by atoms with E-state index in [9.17, 15) is 4.79 Å². The van der Waals surface area contributed by atoms with E-state index < -0.39 is 5.97 Å². The Kier molecular flexibility index (Phi) is 4.40. The molecule has 1 N–H and O–H groups in total. The van der Waals surface area contributed by atoms with Crippen LogP contribution in [0.5, 0.6) is 0 Å². The van der Waals surface area contributed by atoms with Crippen LogP contribution in [0.15, 0.2) is 0 Å². The number of rotatable bonds is 4. The minimum atomic E-state index is -0.656. The Morgan fingerprint density at radius 1 is 1.25 bits per heavy atom. The highest BCUT2D eigenvalue weighted by atomic mass is 16.4. The summed E-state index contributed by atoms with van der Waals surface area (Å²) < 4.78 is 0. The van der Waals surface area contributed by atoms with Crippen LogP contribution >= 0.6 is 0 Å². The van der Waals surface area contributed by atoms with Crippen LogP contribution in [0.3, 0.4) is 0 Å². The highest BCUT2D eigenvalue weighted by Crippen LogP contribution is 2.43. The maximum absolute atomic E-state index is 10.8. The molecular formula is C14H26O2. The van der Waals surface area contributed by atoms with Crippen LogP contribution in [0.25, 0.3) is 0 Å². The van der Waals surface area contributed by atoms with E-state index in [-0.39, 0.29) is 5.41 Å². The lowest BCUT2D eigenvalue weighted by atomic mass is 9.66. The minimum absolute atomic E-state index is 0.0339. The largest absolute Gasteiger partial charge is 0.481 e. The molecule has 2 heteroatoms. The molecule has 0 aliphatic heterocycles. The molecule has 1 aliphatic carbocycles. The van der Waals surface area contributed by atoms with Crippen molar-refractivity contribution in [3.63, 3.8) is 0 Å². The Balaban J connectivity index is 2.49. The van der Waals surface area contributed by atoms with Gasteiger partial charge in [0.2, 0.25) is 0 Å². The smallest absolute Gasteiger partial charge is 0.303 e. The second-order valence-electron chi connectivity index (χ2n) is 6.41. The summed E-state index contributed by atoms with van der Waals surface area (Å²) in [6.07, 6.45) is 5.30. The van der Waals surface area contributed by atoms with E-state index in [2.05, 4.69) is 27.7 Å². The van der Waals surface area contributed by atoms with E-state index in [1.165, 1.54) is 25.7 Å². The van der Waals surface area contributed by atoms with Gasteiger partial charge in [0.1, 0.15) is 0 Å². The fraction of sp³-hybridized carbons (Fsp3) is 0.929. The van der Waals surface area contributed by atoms with Gasteiger partial charge in [-0.15, -0.1) is 0 Å². The third-order valence-electron chi connectivity index (χ3n) is 4.43. The van der Waals surface area contributed by atoms with Crippen LogP contribution in [0.2, 0.25) is 0 Å². The SMILES string of the molecule is CC(C)C1CCC(C(C)(C)CC(=O)O)CC1. The Morgan fingerprint density at radius 3 is 2.12 bits per heavy atom. The van der Waals surface area contributed by atoms with Gasteiger partial charge in [0.15, 0.2) is 0 Å². The van der Waals surface area contributed by atoms with Crippen molar-refractivity contribution in [1.82, 2.24) is 0 Å². The van der Waals surface area contributed by atoms with Gasteiger partial charge >= 0.3 is 5.97 Å². The van der Waals surface area contributed by atoms with Crippen molar-refractivity contribution in [2.24, 2.45) is 23.2 Å². The summed E-state index contributed by atoms with van der Waals surface area (Å²) in [6.45, 7) is 8.82. The van der Waals surface area contributed by atoms with E-state index >= 15 is 0 Å². The molecule has 0 saturated heterocycles. The van der Waals surface area contributed by atoms with Crippen molar-refractivity contribution in [3.8, 4) is 0 Å². The number of aliphatic carboxylic acids is 1. The first-order valence-corrected chi connectivity index (χ1v) is 6.54. The van der Waals surface area contributed by atoms with E-state index in [0.29, 0.717) is 12.3 Å². The van der Waals surface area contributed by atoms with Gasteiger partial charge in [0.25, 0.3) is 0 Å². The summed E-state index contributed by atoms with van der Waals surface area (Å²) in [5.74, 6) is 1.58. The molecule has 0 unspecified atom stereocenters. The predicted octanol–water partition coefficient (Wildman–Crippen LogP) is 3.95. The van der Waals surface area contributed by atoms with Crippen LogP contribution in [-0.4, -0.2) is 11.1 Å². The van der Waals surface area contributed by atoms with Crippen molar-refractivity contribution >= 4 is 5.97 Å². The number of carbonyl (C=O) groups is 1. The lowest BCUT2D eigenvalue weighted by Gasteiger charge is -2.39. The molecule has 1 aliphatic rings. The highest BCUT2D eigenvalue weighted by molar-refractivity contribution is 5.67. The van der Waals surface area contributed by atoms with Crippen molar-refractivity contribution in [3.05, 3.63) is 0 Å². The molecule has 0 atom stereocenters. The van der Waals surface area contributed by atoms with Crippen LogP contribution in [-0.2, 0) is 4.79 Å². The summed E-state index contributed by atoms with van der Waals surface area (Å²) in [5.41, 5.74) is -0.0339. The Labute approximate surface area is 99.4 Å². The molecular weight excluding hydrogens is 200 g/mol. The third kappa shape index (κ3) is 3.50. The fourth-order valence-corrected chi connectivity index (χ4v) is 3.10. The van der Waals surface area contributed by atoms with E-state index in [1.54, 1.807) is 0 Å². The van der Waals surface area contributed by atoms with Gasteiger partial charge in [-0.05, 0) is 48.9 Å². The average Bonchev–Trinajstić information content (AvgIpc) is 2.16. The molecule has 0 aromatic rings. The van der Waals surface area contributed by atoms with Crippen LogP contribution < -0.4 is 0 Å². The minimum Gasteiger partial charge on any atom is -0.481 e. The number of carboxylic acids is 1. The zero-order valence-electron chi connectivity index (χ0n) is 11.1. The van der Waals surface area contributed by atoms with E-state index in [1.807, 2.05) is 0 Å². The van der Waals surface area contributed by atoms with Crippen LogP contribution in [0.1, 0.15) is 59.8 Å². The zero-order valence-corrected chi connectivity index (χ0v) is 11.1. The van der Waals surface area contributed by atoms with Gasteiger partial charge in [-0.3, -0.25) is 4.79 Å². The Morgan fingerprint density at radius 2 is 1.75 bits per heavy atom. The second-order valence-corrected chi connectivity index (χ2v) is 6.41. The first-order chi connectivity index (χ1) is 7.33. The quantitative estimate of drug-likeness (QED) is 0.788. The van der Waals surface area contributed by atoms with Crippen molar-refractivity contribution < 1.29 is 9.90 Å². The maximum Gasteiger partial charge on any atom is 0.303 e. The van der Waals surface area contributed by atoms with Gasteiger partial charge in [-0.1, -0.05) is 27.7 Å². The standard InChI is InChI=1S/C14H26O2/c1-10(2)11-5-7-12(8-6-11)14(3,4)9-13(15)16/h10-12H,5-9H2,1-4H3,(H,15,16). The van der Waals surface area contributed by atoms with Gasteiger partial charge in [0.05, 0.1) is 6.42 Å². The fourth-order valence-electron chi connectivity index (χ4n) is 3.10. The molecule has 0 bridgehead atoms. The summed E-state index contributed by atoms with van der Waals surface area (Å²) in [7, 11) is 0. The van der Waals surface area contributed by atoms with Gasteiger partial charge in [-0.25, -0.2) is 0 Å². The monoisotopic (exact) mass is 226 g/mol. The van der Waals surface area contributed by atoms with Crippen molar-refractivity contribution in [1.29, 1.82) is 0 Å². The van der Waals surface area contributed by atoms with Gasteiger partial charge < -0.3 is 5.11 Å². The molecule has 1 saturated carbocycles. The predicted molar refractivity (Wildman–Crippen MR) is 66.3 cm³/mol. The summed E-state index contributed by atoms with van der Waals surface area (Å²) in [4.78, 5) is 10.8. The first-order valence-electron chi connectivity index (χ1n) is 6.54. The van der Waals surface area contributed by atoms with E-state index in [0.717, 1.165) is 11.8 Å². The summed E-state index contributed by atoms with van der Waals surface area (Å²) >= 11 is 0. The highest BCUT2D eigenvalue weighted by Gasteiger charge is 2.35. The van der Waals surface area contributed by atoms with Crippen LogP contribution in [0.4, 0.5) is 0 Å². The van der Waals surface area contributed by atoms with Crippen LogP contribution in [0, 0.1) is 23.2 Å². The molecule has 0 aromatic carbocycles. The Bertz CT molecular complexity index is 235. The first kappa shape index (κ1) is 13.5. The number of carboxylic acid groups (broad SMARTS) is 1. The topological polar surface area (TPSA) is 37.3 Å². The molecule has 0 spiro atoms. The third-order valence-corrected chi connectivity index (χ3v) is 4.43. The molecule has 94 valence electrons. The number of hydrogen-bond acceptors (Lipinski definition) is 1. The second kappa shape index (κ2) is 5.20. The molecule has 0 aromatic heterocycles. The maximum atomic E-state index is 10.8. The average molecular weight is 226 g/mol. The lowest BCUT2D eigenvalue weighted by Crippen LogP contribution is -2.31. The molecule has 1 fully saturated rings. The normalized spacial score (nSPS) is 27.1. The molecule has 2 nitrogen and oxygen atoms in total. The zero-order chi connectivity index (χ0) is 12.3.